The van der Waals surface area contributed by atoms with Crippen molar-refractivity contribution in [2.45, 2.75) is 70.7 Å². The summed E-state index contributed by atoms with van der Waals surface area (Å²) < 4.78 is 43.6. The Bertz CT molecular complexity index is 1140. The molecule has 0 saturated carbocycles. The molecule has 1 unspecified atom stereocenters. The van der Waals surface area contributed by atoms with Crippen LogP contribution < -0.4 is 11.2 Å². The third-order valence-electron chi connectivity index (χ3n) is 5.70. The largest absolute Gasteiger partial charge is 0.368 e. The van der Waals surface area contributed by atoms with E-state index >= 15 is 0 Å². The van der Waals surface area contributed by atoms with Gasteiger partial charge in [-0.3, -0.25) is 18.5 Å². The molecule has 1 N–H and O–H groups in total. The number of aromatic amines is 1. The maximum Gasteiger partial charge on any atom is 0.330 e. The highest BCUT2D eigenvalue weighted by Gasteiger charge is 2.57. The Morgan fingerprint density at radius 3 is 2.47 bits per heavy atom. The smallest absolute Gasteiger partial charge is 0.330 e. The van der Waals surface area contributed by atoms with Crippen LogP contribution in [0.5, 0.6) is 0 Å². The monoisotopic (exact) mass is 466 g/mol. The minimum atomic E-state index is -3.92. The van der Waals surface area contributed by atoms with Gasteiger partial charge in [0.25, 0.3) is 15.7 Å². The summed E-state index contributed by atoms with van der Waals surface area (Å²) in [6.45, 7) is 5.69. The quantitative estimate of drug-likeness (QED) is 0.563. The summed E-state index contributed by atoms with van der Waals surface area (Å²) in [5.41, 5.74) is -0.910. The molecular weight excluding hydrogens is 436 g/mol. The molecule has 3 rings (SSSR count). The normalized spacial score (nSPS) is 25.8. The summed E-state index contributed by atoms with van der Waals surface area (Å²) in [7, 11) is -3.92. The lowest BCUT2D eigenvalue weighted by Crippen LogP contribution is -2.46. The fourth-order valence-corrected chi connectivity index (χ4v) is 4.81. The number of hydrogen-bond donors (Lipinski definition) is 1. The number of ether oxygens (including phenoxy) is 2. The average Bonchev–Trinajstić information content (AvgIpc) is 3.02. The van der Waals surface area contributed by atoms with Crippen molar-refractivity contribution in [3.8, 4) is 0 Å². The Labute approximate surface area is 187 Å². The molecule has 4 atom stereocenters. The van der Waals surface area contributed by atoms with E-state index in [2.05, 4.69) is 4.98 Å². The van der Waals surface area contributed by atoms with Crippen molar-refractivity contribution in [3.05, 3.63) is 68.5 Å². The Kier molecular flexibility index (Phi) is 7.39. The minimum Gasteiger partial charge on any atom is -0.368 e. The van der Waals surface area contributed by atoms with Gasteiger partial charge in [-0.1, -0.05) is 50.6 Å². The SMILES string of the molecule is CCC[C@]1(CC)O[C@@H](n2cc(C)c(=O)[nH]c2=O)[C@@H](OS(C)(=O)=O)C1OCc1ccccc1. The zero-order valence-electron chi connectivity index (χ0n) is 18.7. The van der Waals surface area contributed by atoms with Crippen LogP contribution in [0.15, 0.2) is 46.1 Å². The second-order valence-electron chi connectivity index (χ2n) is 8.14. The molecule has 1 aliphatic rings. The third-order valence-corrected chi connectivity index (χ3v) is 6.28. The maximum atomic E-state index is 12.6. The van der Waals surface area contributed by atoms with Gasteiger partial charge in [-0.15, -0.1) is 0 Å². The second kappa shape index (κ2) is 9.70. The number of benzene rings is 1. The highest BCUT2D eigenvalue weighted by atomic mass is 32.2. The van der Waals surface area contributed by atoms with Crippen LogP contribution in [0.25, 0.3) is 0 Å². The van der Waals surface area contributed by atoms with Crippen LogP contribution in [-0.2, 0) is 30.4 Å². The van der Waals surface area contributed by atoms with Gasteiger partial charge in [0.15, 0.2) is 12.3 Å². The van der Waals surface area contributed by atoms with E-state index in [1.165, 1.54) is 10.8 Å². The van der Waals surface area contributed by atoms with E-state index < -0.39 is 45.4 Å². The molecule has 2 aromatic rings. The van der Waals surface area contributed by atoms with Crippen LogP contribution in [0.4, 0.5) is 0 Å². The molecule has 176 valence electrons. The Morgan fingerprint density at radius 1 is 1.19 bits per heavy atom. The van der Waals surface area contributed by atoms with Crippen molar-refractivity contribution in [1.29, 1.82) is 0 Å². The predicted molar refractivity (Wildman–Crippen MR) is 119 cm³/mol. The standard InChI is InChI=1S/C22H30N2O7S/c1-5-12-22(6-2)18(29-14-16-10-8-7-9-11-16)17(31-32(4,27)28)20(30-22)24-13-15(3)19(25)23-21(24)26/h7-11,13,17-18,20H,5-6,12,14H2,1-4H3,(H,23,25,26)/t17-,18?,20+,22-/m0/s1. The van der Waals surface area contributed by atoms with Crippen LogP contribution in [0.1, 0.15) is 50.5 Å². The predicted octanol–water partition coefficient (Wildman–Crippen LogP) is 2.25. The van der Waals surface area contributed by atoms with Gasteiger partial charge in [-0.2, -0.15) is 8.42 Å². The van der Waals surface area contributed by atoms with Gasteiger partial charge in [0.05, 0.1) is 18.5 Å². The molecule has 0 aliphatic carbocycles. The van der Waals surface area contributed by atoms with E-state index in [0.29, 0.717) is 12.8 Å². The lowest BCUT2D eigenvalue weighted by atomic mass is 9.87. The van der Waals surface area contributed by atoms with Crippen molar-refractivity contribution < 1.29 is 22.1 Å². The van der Waals surface area contributed by atoms with Gasteiger partial charge in [0.2, 0.25) is 0 Å². The molecule has 9 nitrogen and oxygen atoms in total. The summed E-state index contributed by atoms with van der Waals surface area (Å²) in [6, 6.07) is 9.48. The van der Waals surface area contributed by atoms with Gasteiger partial charge in [0.1, 0.15) is 6.10 Å². The van der Waals surface area contributed by atoms with Gasteiger partial charge in [0, 0.05) is 11.8 Å². The lowest BCUT2D eigenvalue weighted by molar-refractivity contribution is -0.128. The van der Waals surface area contributed by atoms with Crippen LogP contribution >= 0.6 is 0 Å². The summed E-state index contributed by atoms with van der Waals surface area (Å²) in [4.78, 5) is 26.7. The fraction of sp³-hybridized carbons (Fsp3) is 0.545. The van der Waals surface area contributed by atoms with E-state index in [1.54, 1.807) is 6.92 Å². The van der Waals surface area contributed by atoms with Gasteiger partial charge in [-0.05, 0) is 25.3 Å². The summed E-state index contributed by atoms with van der Waals surface area (Å²) in [5, 5.41) is 0. The van der Waals surface area contributed by atoms with E-state index in [-0.39, 0.29) is 12.2 Å². The minimum absolute atomic E-state index is 0.218. The van der Waals surface area contributed by atoms with Crippen molar-refractivity contribution >= 4 is 10.1 Å². The highest BCUT2D eigenvalue weighted by molar-refractivity contribution is 7.86. The number of H-pyrrole nitrogens is 1. The summed E-state index contributed by atoms with van der Waals surface area (Å²) in [6.07, 6.45) is 1.14. The molecule has 1 saturated heterocycles. The van der Waals surface area contributed by atoms with E-state index in [1.807, 2.05) is 44.2 Å². The fourth-order valence-electron chi connectivity index (χ4n) is 4.21. The van der Waals surface area contributed by atoms with Crippen LogP contribution in [0, 0.1) is 6.92 Å². The second-order valence-corrected chi connectivity index (χ2v) is 9.74. The number of nitrogens with zero attached hydrogens (tertiary/aromatic N) is 1. The van der Waals surface area contributed by atoms with Crippen molar-refractivity contribution in [2.75, 3.05) is 6.26 Å². The molecule has 0 spiro atoms. The topological polar surface area (TPSA) is 117 Å². The van der Waals surface area contributed by atoms with E-state index in [0.717, 1.165) is 18.2 Å². The first-order valence-electron chi connectivity index (χ1n) is 10.6. The van der Waals surface area contributed by atoms with E-state index in [4.69, 9.17) is 13.7 Å². The molecule has 1 fully saturated rings. The molecule has 1 aromatic heterocycles. The molecule has 2 heterocycles. The number of aryl methyl sites for hydroxylation is 1. The summed E-state index contributed by atoms with van der Waals surface area (Å²) in [5.74, 6) is 0. The average molecular weight is 467 g/mol. The Balaban J connectivity index is 2.09. The molecule has 1 aliphatic heterocycles. The highest BCUT2D eigenvalue weighted by Crippen LogP contribution is 2.45. The first-order valence-corrected chi connectivity index (χ1v) is 12.5. The van der Waals surface area contributed by atoms with Crippen LogP contribution in [0.3, 0.4) is 0 Å². The number of aromatic nitrogens is 2. The molecule has 0 amide bonds. The maximum absolute atomic E-state index is 12.6. The molecule has 0 radical (unpaired) electrons. The third kappa shape index (κ3) is 5.20. The van der Waals surface area contributed by atoms with Crippen molar-refractivity contribution in [1.82, 2.24) is 9.55 Å². The molecule has 10 heteroatoms. The molecule has 0 bridgehead atoms. The first-order chi connectivity index (χ1) is 15.1. The molecule has 1 aromatic carbocycles. The Morgan fingerprint density at radius 2 is 1.88 bits per heavy atom. The summed E-state index contributed by atoms with van der Waals surface area (Å²) >= 11 is 0. The number of nitrogens with one attached hydrogen (secondary N) is 1. The van der Waals surface area contributed by atoms with Gasteiger partial charge >= 0.3 is 5.69 Å². The van der Waals surface area contributed by atoms with Crippen LogP contribution in [0.2, 0.25) is 0 Å². The van der Waals surface area contributed by atoms with Crippen LogP contribution in [-0.4, -0.2) is 42.0 Å². The number of hydrogen-bond acceptors (Lipinski definition) is 7. The van der Waals surface area contributed by atoms with Crippen molar-refractivity contribution in [3.63, 3.8) is 0 Å². The zero-order valence-corrected chi connectivity index (χ0v) is 19.6. The Hall–Kier alpha value is -2.27. The zero-order chi connectivity index (χ0) is 23.5. The number of rotatable bonds is 9. The first kappa shape index (κ1) is 24.4. The van der Waals surface area contributed by atoms with Gasteiger partial charge in [-0.25, -0.2) is 4.79 Å². The van der Waals surface area contributed by atoms with Gasteiger partial charge < -0.3 is 9.47 Å². The van der Waals surface area contributed by atoms with Crippen molar-refractivity contribution in [2.24, 2.45) is 0 Å². The van der Waals surface area contributed by atoms with E-state index in [9.17, 15) is 18.0 Å². The molecule has 32 heavy (non-hydrogen) atoms. The molecular formula is C22H30N2O7S. The lowest BCUT2D eigenvalue weighted by Gasteiger charge is -2.34.